The molecule has 1 heterocycles. The van der Waals surface area contributed by atoms with Crippen molar-refractivity contribution >= 4 is 17.0 Å². The molecule has 3 heteroatoms. The zero-order chi connectivity index (χ0) is 11.4. The van der Waals surface area contributed by atoms with Crippen molar-refractivity contribution in [3.05, 3.63) is 46.7 Å². The molecule has 1 atom stereocenters. The third-order valence-corrected chi connectivity index (χ3v) is 3.50. The topological polar surface area (TPSA) is 21.3 Å². The summed E-state index contributed by atoms with van der Waals surface area (Å²) in [5, 5.41) is 5.55. The van der Waals surface area contributed by atoms with Gasteiger partial charge in [-0.25, -0.2) is 0 Å². The third-order valence-electron chi connectivity index (χ3n) is 2.44. The minimum atomic E-state index is 0.341. The summed E-state index contributed by atoms with van der Waals surface area (Å²) in [4.78, 5) is 1.34. The lowest BCUT2D eigenvalue weighted by molar-refractivity contribution is 0.415. The molecule has 84 valence electrons. The van der Waals surface area contributed by atoms with Gasteiger partial charge in [0.15, 0.2) is 0 Å². The number of hydrogen-bond acceptors (Lipinski definition) is 3. The van der Waals surface area contributed by atoms with Gasteiger partial charge in [0.25, 0.3) is 0 Å². The molecule has 0 fully saturated rings. The van der Waals surface area contributed by atoms with Gasteiger partial charge in [0, 0.05) is 10.6 Å². The predicted octanol–water partition coefficient (Wildman–Crippen LogP) is 3.93. The van der Waals surface area contributed by atoms with Gasteiger partial charge in [0.2, 0.25) is 0 Å². The highest BCUT2D eigenvalue weighted by atomic mass is 32.1. The minimum Gasteiger partial charge on any atom is -0.497 e. The molecule has 0 aliphatic rings. The molecular weight excluding hydrogens is 218 g/mol. The summed E-state index contributed by atoms with van der Waals surface area (Å²) in [5.74, 6) is 0.884. The zero-order valence-electron chi connectivity index (χ0n) is 9.44. The molecular formula is C13H15NOS. The van der Waals surface area contributed by atoms with Crippen molar-refractivity contribution in [1.29, 1.82) is 0 Å². The molecule has 0 unspecified atom stereocenters. The summed E-state index contributed by atoms with van der Waals surface area (Å²) in [6, 6.07) is 12.5. The summed E-state index contributed by atoms with van der Waals surface area (Å²) in [7, 11) is 1.68. The fourth-order valence-electron chi connectivity index (χ4n) is 1.55. The third kappa shape index (κ3) is 2.55. The van der Waals surface area contributed by atoms with E-state index in [1.54, 1.807) is 18.4 Å². The van der Waals surface area contributed by atoms with E-state index in [4.69, 9.17) is 4.74 Å². The van der Waals surface area contributed by atoms with Crippen LogP contribution in [0.3, 0.4) is 0 Å². The Morgan fingerprint density at radius 3 is 2.50 bits per heavy atom. The second kappa shape index (κ2) is 5.03. The van der Waals surface area contributed by atoms with E-state index in [9.17, 15) is 0 Å². The van der Waals surface area contributed by atoms with Gasteiger partial charge in [0.05, 0.1) is 13.2 Å². The first-order chi connectivity index (χ1) is 7.79. The van der Waals surface area contributed by atoms with Gasteiger partial charge in [-0.3, -0.25) is 0 Å². The second-order valence-corrected chi connectivity index (χ2v) is 4.59. The molecule has 2 aromatic rings. The number of ether oxygens (including phenoxy) is 1. The number of hydrogen-bond donors (Lipinski definition) is 1. The van der Waals surface area contributed by atoms with Crippen molar-refractivity contribution < 1.29 is 4.74 Å². The molecule has 1 N–H and O–H groups in total. The van der Waals surface area contributed by atoms with Crippen molar-refractivity contribution in [3.8, 4) is 5.75 Å². The molecule has 0 aliphatic carbocycles. The van der Waals surface area contributed by atoms with Crippen LogP contribution in [0, 0.1) is 0 Å². The predicted molar refractivity (Wildman–Crippen MR) is 69.4 cm³/mol. The molecule has 1 aromatic carbocycles. The second-order valence-electron chi connectivity index (χ2n) is 3.61. The fraction of sp³-hybridized carbons (Fsp3) is 0.231. The first-order valence-electron chi connectivity index (χ1n) is 5.23. The average molecular weight is 233 g/mol. The van der Waals surface area contributed by atoms with E-state index < -0.39 is 0 Å². The van der Waals surface area contributed by atoms with Crippen LogP contribution in [-0.4, -0.2) is 7.11 Å². The number of anilines is 1. The largest absolute Gasteiger partial charge is 0.497 e. The zero-order valence-corrected chi connectivity index (χ0v) is 10.3. The molecule has 0 saturated heterocycles. The number of rotatable bonds is 4. The average Bonchev–Trinajstić information content (AvgIpc) is 2.83. The normalized spacial score (nSPS) is 12.1. The van der Waals surface area contributed by atoms with Gasteiger partial charge >= 0.3 is 0 Å². The summed E-state index contributed by atoms with van der Waals surface area (Å²) < 4.78 is 5.12. The molecule has 2 nitrogen and oxygen atoms in total. The Labute approximate surface area is 99.9 Å². The maximum Gasteiger partial charge on any atom is 0.119 e. The minimum absolute atomic E-state index is 0.341. The summed E-state index contributed by atoms with van der Waals surface area (Å²) in [6.45, 7) is 2.16. The lowest BCUT2D eigenvalue weighted by Crippen LogP contribution is -2.04. The SMILES string of the molecule is COc1ccc(N[C@H](C)c2cccs2)cc1. The molecule has 1 aromatic heterocycles. The van der Waals surface area contributed by atoms with Crippen LogP contribution in [0.1, 0.15) is 17.8 Å². The van der Waals surface area contributed by atoms with E-state index in [0.29, 0.717) is 6.04 Å². The maximum absolute atomic E-state index is 5.12. The lowest BCUT2D eigenvalue weighted by Gasteiger charge is -2.13. The molecule has 0 spiro atoms. The quantitative estimate of drug-likeness (QED) is 0.864. The summed E-state index contributed by atoms with van der Waals surface area (Å²) >= 11 is 1.77. The van der Waals surface area contributed by atoms with Crippen molar-refractivity contribution in [3.63, 3.8) is 0 Å². The molecule has 16 heavy (non-hydrogen) atoms. The van der Waals surface area contributed by atoms with Crippen molar-refractivity contribution in [2.75, 3.05) is 12.4 Å². The van der Waals surface area contributed by atoms with E-state index >= 15 is 0 Å². The van der Waals surface area contributed by atoms with Gasteiger partial charge in [-0.05, 0) is 42.6 Å². The Morgan fingerprint density at radius 1 is 1.19 bits per heavy atom. The highest BCUT2D eigenvalue weighted by molar-refractivity contribution is 7.10. The van der Waals surface area contributed by atoms with Crippen LogP contribution in [0.25, 0.3) is 0 Å². The Morgan fingerprint density at radius 2 is 1.94 bits per heavy atom. The monoisotopic (exact) mass is 233 g/mol. The van der Waals surface area contributed by atoms with Crippen molar-refractivity contribution in [1.82, 2.24) is 0 Å². The number of methoxy groups -OCH3 is 1. The molecule has 0 saturated carbocycles. The van der Waals surface area contributed by atoms with E-state index in [1.165, 1.54) is 4.88 Å². The summed E-state index contributed by atoms with van der Waals surface area (Å²) in [6.07, 6.45) is 0. The first-order valence-corrected chi connectivity index (χ1v) is 6.11. The Balaban J connectivity index is 2.03. The fourth-order valence-corrected chi connectivity index (χ4v) is 2.28. The van der Waals surface area contributed by atoms with Gasteiger partial charge in [0.1, 0.15) is 5.75 Å². The van der Waals surface area contributed by atoms with E-state index in [1.807, 2.05) is 24.3 Å². The highest BCUT2D eigenvalue weighted by Crippen LogP contribution is 2.24. The van der Waals surface area contributed by atoms with Crippen LogP contribution >= 0.6 is 11.3 Å². The molecule has 2 rings (SSSR count). The number of benzene rings is 1. The van der Waals surface area contributed by atoms with E-state index in [0.717, 1.165) is 11.4 Å². The van der Waals surface area contributed by atoms with Gasteiger partial charge in [-0.15, -0.1) is 11.3 Å². The van der Waals surface area contributed by atoms with Crippen LogP contribution in [-0.2, 0) is 0 Å². The number of nitrogens with one attached hydrogen (secondary N) is 1. The molecule has 0 radical (unpaired) electrons. The summed E-state index contributed by atoms with van der Waals surface area (Å²) in [5.41, 5.74) is 1.11. The van der Waals surface area contributed by atoms with Crippen LogP contribution in [0.5, 0.6) is 5.75 Å². The van der Waals surface area contributed by atoms with E-state index in [-0.39, 0.29) is 0 Å². The van der Waals surface area contributed by atoms with Crippen LogP contribution in [0.4, 0.5) is 5.69 Å². The smallest absolute Gasteiger partial charge is 0.119 e. The van der Waals surface area contributed by atoms with E-state index in [2.05, 4.69) is 29.8 Å². The first kappa shape index (κ1) is 11.0. The van der Waals surface area contributed by atoms with Crippen LogP contribution in [0.2, 0.25) is 0 Å². The Bertz CT molecular complexity index is 422. The Kier molecular flexibility index (Phi) is 3.47. The van der Waals surface area contributed by atoms with Gasteiger partial charge < -0.3 is 10.1 Å². The lowest BCUT2D eigenvalue weighted by atomic mass is 10.2. The van der Waals surface area contributed by atoms with Crippen molar-refractivity contribution in [2.45, 2.75) is 13.0 Å². The molecule has 0 amide bonds. The van der Waals surface area contributed by atoms with Crippen LogP contribution in [0.15, 0.2) is 41.8 Å². The highest BCUT2D eigenvalue weighted by Gasteiger charge is 2.05. The maximum atomic E-state index is 5.12. The van der Waals surface area contributed by atoms with Gasteiger partial charge in [-0.2, -0.15) is 0 Å². The molecule has 0 bridgehead atoms. The standard InChI is InChI=1S/C13H15NOS/c1-10(13-4-3-9-16-13)14-11-5-7-12(15-2)8-6-11/h3-10,14H,1-2H3/t10-/m1/s1. The molecule has 0 aliphatic heterocycles. The van der Waals surface area contributed by atoms with Crippen LogP contribution < -0.4 is 10.1 Å². The van der Waals surface area contributed by atoms with Crippen molar-refractivity contribution in [2.24, 2.45) is 0 Å². The van der Waals surface area contributed by atoms with Gasteiger partial charge in [-0.1, -0.05) is 6.07 Å². The Hall–Kier alpha value is -1.48. The number of thiophene rings is 1.